The van der Waals surface area contributed by atoms with E-state index < -0.39 is 0 Å². The summed E-state index contributed by atoms with van der Waals surface area (Å²) in [4.78, 5) is 4.19. The van der Waals surface area contributed by atoms with E-state index in [2.05, 4.69) is 10.4 Å². The van der Waals surface area contributed by atoms with Gasteiger partial charge in [0, 0.05) is 11.6 Å². The second-order valence-electron chi connectivity index (χ2n) is 2.52. The predicted octanol–water partition coefficient (Wildman–Crippen LogP) is -4.47. The molecule has 3 nitrogen and oxygen atoms in total. The van der Waals surface area contributed by atoms with Crippen molar-refractivity contribution in [3.63, 3.8) is 0 Å². The number of rotatable bonds is 1. The van der Waals surface area contributed by atoms with Crippen molar-refractivity contribution in [2.45, 2.75) is 0 Å². The van der Waals surface area contributed by atoms with Gasteiger partial charge in [-0.3, -0.25) is 10.8 Å². The molecule has 3 N–H and O–H groups in total. The van der Waals surface area contributed by atoms with Crippen LogP contribution in [0.25, 0.3) is 10.9 Å². The molecule has 0 fully saturated rings. The van der Waals surface area contributed by atoms with Crippen LogP contribution in [0.4, 0.5) is 5.69 Å². The summed E-state index contributed by atoms with van der Waals surface area (Å²) in [5.41, 5.74) is 4.49. The average Bonchev–Trinajstić information content (AvgIpc) is 2.17. The summed E-state index contributed by atoms with van der Waals surface area (Å²) in [5.74, 6) is 5.34. The normalized spacial score (nSPS) is 8.64. The molecule has 2 aromatic rings. The molecule has 0 radical (unpaired) electrons. The topological polar surface area (TPSA) is 50.9 Å². The van der Waals surface area contributed by atoms with E-state index in [1.54, 1.807) is 6.20 Å². The molecule has 0 amide bonds. The number of fused-ring (bicyclic) bond motifs is 1. The van der Waals surface area contributed by atoms with E-state index in [0.29, 0.717) is 0 Å². The highest BCUT2D eigenvalue weighted by Gasteiger charge is 1.96. The Balaban J connectivity index is 0.000000845. The Labute approximate surface area is 94.5 Å². The van der Waals surface area contributed by atoms with Gasteiger partial charge >= 0.3 is 0 Å². The third-order valence-electron chi connectivity index (χ3n) is 1.80. The molecule has 0 aliphatic carbocycles. The quantitative estimate of drug-likeness (QED) is 0.384. The third-order valence-corrected chi connectivity index (χ3v) is 1.80. The fourth-order valence-corrected chi connectivity index (χ4v) is 1.23. The number of hydrogen-bond donors (Lipinski definition) is 2. The van der Waals surface area contributed by atoms with Gasteiger partial charge < -0.3 is 30.2 Å². The molecule has 0 spiro atoms. The highest BCUT2D eigenvalue weighted by Crippen LogP contribution is 2.19. The molecule has 0 saturated heterocycles. The van der Waals surface area contributed by atoms with Gasteiger partial charge in [0.1, 0.15) is 0 Å². The number of nitrogen functional groups attached to an aromatic ring is 1. The summed E-state index contributed by atoms with van der Waals surface area (Å²) in [6.07, 6.45) is 1.77. The van der Waals surface area contributed by atoms with Crippen LogP contribution in [0, 0.1) is 0 Å². The fraction of sp³-hybridized carbons (Fsp3) is 0. The maximum atomic E-state index is 5.34. The number of hydrazine groups is 1. The van der Waals surface area contributed by atoms with Crippen LogP contribution in [-0.2, 0) is 0 Å². The van der Waals surface area contributed by atoms with Gasteiger partial charge in [0.05, 0.1) is 11.2 Å². The number of pyridine rings is 1. The maximum absolute atomic E-state index is 5.34. The number of benzene rings is 1. The number of nitrogens with zero attached hydrogens (tertiary/aromatic N) is 1. The Morgan fingerprint density at radius 1 is 1.07 bits per heavy atom. The standard InChI is InChI=1S/C9H9N3.2ClH/c10-12-9-5-1-4-8-7(9)3-2-6-11-8;;/h1-6,12H,10H2;2*1H/p-2. The second kappa shape index (κ2) is 5.65. The van der Waals surface area contributed by atoms with Crippen LogP contribution in [0.2, 0.25) is 0 Å². The van der Waals surface area contributed by atoms with Crippen molar-refractivity contribution in [1.82, 2.24) is 4.98 Å². The molecule has 5 heteroatoms. The largest absolute Gasteiger partial charge is 1.00 e. The minimum absolute atomic E-state index is 0. The van der Waals surface area contributed by atoms with Crippen LogP contribution < -0.4 is 36.1 Å². The summed E-state index contributed by atoms with van der Waals surface area (Å²) >= 11 is 0. The SMILES string of the molecule is NNc1cccc2ncccc12.[Cl-].[Cl-]. The van der Waals surface area contributed by atoms with E-state index >= 15 is 0 Å². The van der Waals surface area contributed by atoms with E-state index in [4.69, 9.17) is 5.84 Å². The zero-order chi connectivity index (χ0) is 8.39. The number of halogens is 2. The van der Waals surface area contributed by atoms with E-state index in [9.17, 15) is 0 Å². The number of nitrogens with one attached hydrogen (secondary N) is 1. The number of nitrogens with two attached hydrogens (primary N) is 1. The molecule has 1 heterocycles. The molecular weight excluding hydrogens is 221 g/mol. The molecule has 0 atom stereocenters. The first-order valence-electron chi connectivity index (χ1n) is 3.72. The monoisotopic (exact) mass is 229 g/mol. The van der Waals surface area contributed by atoms with Gasteiger partial charge in [0.25, 0.3) is 0 Å². The minimum atomic E-state index is 0. The number of aromatic nitrogens is 1. The Kier molecular flexibility index (Phi) is 5.23. The Bertz CT molecular complexity index is 401. The summed E-state index contributed by atoms with van der Waals surface area (Å²) in [6, 6.07) is 9.67. The highest BCUT2D eigenvalue weighted by atomic mass is 35.5. The van der Waals surface area contributed by atoms with Gasteiger partial charge in [-0.05, 0) is 24.3 Å². The molecule has 0 bridgehead atoms. The lowest BCUT2D eigenvalue weighted by Crippen LogP contribution is -3.00. The Hall–Kier alpha value is -1.03. The third kappa shape index (κ3) is 2.26. The lowest BCUT2D eigenvalue weighted by atomic mass is 10.2. The van der Waals surface area contributed by atoms with E-state index in [1.165, 1.54) is 0 Å². The van der Waals surface area contributed by atoms with Crippen LogP contribution in [-0.4, -0.2) is 4.98 Å². The average molecular weight is 230 g/mol. The zero-order valence-corrected chi connectivity index (χ0v) is 8.76. The van der Waals surface area contributed by atoms with Gasteiger partial charge in [-0.1, -0.05) is 6.07 Å². The molecule has 0 aliphatic rings. The maximum Gasteiger partial charge on any atom is 0.0723 e. The first-order chi connectivity index (χ1) is 5.92. The first kappa shape index (κ1) is 13.0. The van der Waals surface area contributed by atoms with Gasteiger partial charge in [-0.25, -0.2) is 0 Å². The minimum Gasteiger partial charge on any atom is -1.00 e. The van der Waals surface area contributed by atoms with Crippen LogP contribution in [0.15, 0.2) is 36.5 Å². The summed E-state index contributed by atoms with van der Waals surface area (Å²) in [6.45, 7) is 0. The molecule has 76 valence electrons. The molecule has 0 saturated carbocycles. The fourth-order valence-electron chi connectivity index (χ4n) is 1.23. The highest BCUT2D eigenvalue weighted by molar-refractivity contribution is 5.90. The summed E-state index contributed by atoms with van der Waals surface area (Å²) in [7, 11) is 0. The van der Waals surface area contributed by atoms with Crippen LogP contribution in [0.3, 0.4) is 0 Å². The predicted molar refractivity (Wildman–Crippen MR) is 49.6 cm³/mol. The van der Waals surface area contributed by atoms with Gasteiger partial charge in [-0.2, -0.15) is 0 Å². The molecular formula is C9H9Cl2N3-2. The van der Waals surface area contributed by atoms with Gasteiger partial charge in [-0.15, -0.1) is 0 Å². The molecule has 0 aliphatic heterocycles. The van der Waals surface area contributed by atoms with Crippen molar-refractivity contribution < 1.29 is 24.8 Å². The summed E-state index contributed by atoms with van der Waals surface area (Å²) < 4.78 is 0. The Morgan fingerprint density at radius 3 is 2.57 bits per heavy atom. The van der Waals surface area contributed by atoms with Crippen molar-refractivity contribution in [2.24, 2.45) is 5.84 Å². The Morgan fingerprint density at radius 2 is 1.86 bits per heavy atom. The molecule has 14 heavy (non-hydrogen) atoms. The summed E-state index contributed by atoms with van der Waals surface area (Å²) in [5, 5.41) is 1.04. The van der Waals surface area contributed by atoms with Crippen molar-refractivity contribution in [3.8, 4) is 0 Å². The van der Waals surface area contributed by atoms with Crippen LogP contribution >= 0.6 is 0 Å². The van der Waals surface area contributed by atoms with Crippen LogP contribution in [0.5, 0.6) is 0 Å². The lowest BCUT2D eigenvalue weighted by Gasteiger charge is -2.03. The number of hydrogen-bond acceptors (Lipinski definition) is 3. The zero-order valence-electron chi connectivity index (χ0n) is 7.24. The molecule has 0 unspecified atom stereocenters. The van der Waals surface area contributed by atoms with E-state index in [1.807, 2.05) is 30.3 Å². The molecule has 1 aromatic heterocycles. The van der Waals surface area contributed by atoms with Crippen molar-refractivity contribution in [1.29, 1.82) is 0 Å². The van der Waals surface area contributed by atoms with E-state index in [0.717, 1.165) is 16.6 Å². The lowest BCUT2D eigenvalue weighted by molar-refractivity contribution is -0.001000. The molecule has 2 rings (SSSR count). The van der Waals surface area contributed by atoms with Crippen molar-refractivity contribution in [3.05, 3.63) is 36.5 Å². The van der Waals surface area contributed by atoms with E-state index in [-0.39, 0.29) is 24.8 Å². The van der Waals surface area contributed by atoms with Crippen molar-refractivity contribution in [2.75, 3.05) is 5.43 Å². The van der Waals surface area contributed by atoms with Crippen molar-refractivity contribution >= 4 is 16.6 Å². The van der Waals surface area contributed by atoms with Crippen LogP contribution in [0.1, 0.15) is 0 Å². The number of anilines is 1. The molecule has 1 aromatic carbocycles. The first-order valence-corrected chi connectivity index (χ1v) is 3.72. The second-order valence-corrected chi connectivity index (χ2v) is 2.52. The smallest absolute Gasteiger partial charge is 0.0723 e. The van der Waals surface area contributed by atoms with Gasteiger partial charge in [0.2, 0.25) is 0 Å². The van der Waals surface area contributed by atoms with Gasteiger partial charge in [0.15, 0.2) is 0 Å².